The molecule has 0 atom stereocenters. The molecule has 1 N–H and O–H groups in total. The van der Waals surface area contributed by atoms with Crippen LogP contribution in [0.4, 0.5) is 9.18 Å². The van der Waals surface area contributed by atoms with Gasteiger partial charge >= 0.3 is 6.03 Å². The number of carbonyl (C=O) groups is 2. The minimum atomic E-state index is -0.566. The fourth-order valence-electron chi connectivity index (χ4n) is 3.73. The summed E-state index contributed by atoms with van der Waals surface area (Å²) in [7, 11) is 1.62. The monoisotopic (exact) mass is 419 g/mol. The van der Waals surface area contributed by atoms with E-state index in [1.165, 1.54) is 6.07 Å². The molecule has 6 nitrogen and oxygen atoms in total. The number of imide groups is 1. The minimum absolute atomic E-state index is 0.125. The lowest BCUT2D eigenvalue weighted by atomic mass is 10.2. The molecule has 2 heterocycles. The van der Waals surface area contributed by atoms with Crippen molar-refractivity contribution in [2.75, 3.05) is 7.11 Å². The molecule has 0 aliphatic carbocycles. The summed E-state index contributed by atoms with van der Waals surface area (Å²) >= 11 is 0. The number of rotatable bonds is 5. The van der Waals surface area contributed by atoms with Gasteiger partial charge in [-0.15, -0.1) is 0 Å². The van der Waals surface area contributed by atoms with E-state index in [-0.39, 0.29) is 17.8 Å². The first-order valence-corrected chi connectivity index (χ1v) is 9.80. The van der Waals surface area contributed by atoms with Crippen LogP contribution in [0.5, 0.6) is 5.75 Å². The van der Waals surface area contributed by atoms with Crippen molar-refractivity contribution >= 4 is 18.0 Å². The van der Waals surface area contributed by atoms with Crippen molar-refractivity contribution in [2.45, 2.75) is 20.4 Å². The Hall–Kier alpha value is -3.87. The smallest absolute Gasteiger partial charge is 0.329 e. The highest BCUT2D eigenvalue weighted by molar-refractivity contribution is 6.14. The predicted molar refractivity (Wildman–Crippen MR) is 115 cm³/mol. The Kier molecular flexibility index (Phi) is 5.33. The van der Waals surface area contributed by atoms with Gasteiger partial charge in [-0.1, -0.05) is 18.2 Å². The lowest BCUT2D eigenvalue weighted by Gasteiger charge is -2.12. The SMILES string of the molecule is COc1ccc(-n2c(C)cc(C=C3NC(=O)N(Cc4ccccc4F)C3=O)c2C)cc1. The van der Waals surface area contributed by atoms with E-state index >= 15 is 0 Å². The average Bonchev–Trinajstić information content (AvgIpc) is 3.19. The fraction of sp³-hybridized carbons (Fsp3) is 0.167. The topological polar surface area (TPSA) is 63.6 Å². The molecule has 0 spiro atoms. The molecule has 0 saturated carbocycles. The zero-order valence-corrected chi connectivity index (χ0v) is 17.5. The standard InChI is InChI=1S/C24H22FN3O3/c1-15-12-18(16(2)28(15)19-8-10-20(31-3)11-9-19)13-22-23(29)27(24(30)26-22)14-17-6-4-5-7-21(17)25/h4-13H,14H2,1-3H3,(H,26,30). The van der Waals surface area contributed by atoms with Crippen molar-refractivity contribution in [1.82, 2.24) is 14.8 Å². The van der Waals surface area contributed by atoms with E-state index in [0.717, 1.165) is 33.3 Å². The third-order valence-corrected chi connectivity index (χ3v) is 5.35. The highest BCUT2D eigenvalue weighted by atomic mass is 19.1. The number of benzene rings is 2. The Balaban J connectivity index is 1.62. The van der Waals surface area contributed by atoms with Gasteiger partial charge in [-0.05, 0) is 61.9 Å². The molecule has 3 amide bonds. The number of urea groups is 1. The number of aromatic nitrogens is 1. The molecule has 31 heavy (non-hydrogen) atoms. The van der Waals surface area contributed by atoms with Gasteiger partial charge in [0, 0.05) is 22.6 Å². The molecule has 0 bridgehead atoms. The number of amides is 3. The van der Waals surface area contributed by atoms with Crippen LogP contribution in [0.1, 0.15) is 22.5 Å². The third kappa shape index (κ3) is 3.82. The number of methoxy groups -OCH3 is 1. The second-order valence-corrected chi connectivity index (χ2v) is 7.33. The average molecular weight is 419 g/mol. The third-order valence-electron chi connectivity index (χ3n) is 5.35. The number of halogens is 1. The molecular formula is C24H22FN3O3. The quantitative estimate of drug-likeness (QED) is 0.494. The van der Waals surface area contributed by atoms with Crippen LogP contribution in [0.25, 0.3) is 11.8 Å². The van der Waals surface area contributed by atoms with E-state index in [1.807, 2.05) is 44.2 Å². The lowest BCUT2D eigenvalue weighted by Crippen LogP contribution is -2.30. The largest absolute Gasteiger partial charge is 0.497 e. The highest BCUT2D eigenvalue weighted by Crippen LogP contribution is 2.25. The second kappa shape index (κ2) is 8.10. The Morgan fingerprint density at radius 3 is 2.45 bits per heavy atom. The number of hydrogen-bond acceptors (Lipinski definition) is 3. The summed E-state index contributed by atoms with van der Waals surface area (Å²) in [6, 6.07) is 15.1. The number of ether oxygens (including phenoxy) is 1. The normalized spacial score (nSPS) is 15.0. The van der Waals surface area contributed by atoms with Crippen LogP contribution in [0.15, 0.2) is 60.3 Å². The van der Waals surface area contributed by atoms with Gasteiger partial charge in [0.15, 0.2) is 0 Å². The van der Waals surface area contributed by atoms with Crippen LogP contribution in [0.3, 0.4) is 0 Å². The number of hydrogen-bond donors (Lipinski definition) is 1. The second-order valence-electron chi connectivity index (χ2n) is 7.33. The number of nitrogens with zero attached hydrogens (tertiary/aromatic N) is 2. The van der Waals surface area contributed by atoms with Crippen molar-refractivity contribution in [3.63, 3.8) is 0 Å². The van der Waals surface area contributed by atoms with Gasteiger partial charge in [-0.3, -0.25) is 9.69 Å². The summed E-state index contributed by atoms with van der Waals surface area (Å²) < 4.78 is 21.2. The minimum Gasteiger partial charge on any atom is -0.497 e. The summed E-state index contributed by atoms with van der Waals surface area (Å²) in [6.07, 6.45) is 1.66. The highest BCUT2D eigenvalue weighted by Gasteiger charge is 2.34. The molecule has 1 aromatic heterocycles. The van der Waals surface area contributed by atoms with Crippen molar-refractivity contribution in [1.29, 1.82) is 0 Å². The van der Waals surface area contributed by atoms with Crippen molar-refractivity contribution in [3.05, 3.63) is 88.6 Å². The molecule has 1 aliphatic heterocycles. The predicted octanol–water partition coefficient (Wildman–Crippen LogP) is 4.33. The Morgan fingerprint density at radius 1 is 1.06 bits per heavy atom. The summed E-state index contributed by atoms with van der Waals surface area (Å²) in [5.74, 6) is -0.172. The van der Waals surface area contributed by atoms with Crippen molar-refractivity contribution in [3.8, 4) is 11.4 Å². The van der Waals surface area contributed by atoms with E-state index in [2.05, 4.69) is 9.88 Å². The fourth-order valence-corrected chi connectivity index (χ4v) is 3.73. The molecule has 7 heteroatoms. The Morgan fingerprint density at radius 2 is 1.77 bits per heavy atom. The zero-order chi connectivity index (χ0) is 22.1. The molecule has 0 radical (unpaired) electrons. The molecule has 158 valence electrons. The van der Waals surface area contributed by atoms with E-state index in [9.17, 15) is 14.0 Å². The molecule has 0 unspecified atom stereocenters. The first-order valence-electron chi connectivity index (χ1n) is 9.80. The van der Waals surface area contributed by atoms with E-state index < -0.39 is 17.8 Å². The molecule has 1 aliphatic rings. The Labute approximate surface area is 179 Å². The number of aryl methyl sites for hydroxylation is 1. The van der Waals surface area contributed by atoms with Gasteiger partial charge in [0.25, 0.3) is 5.91 Å². The molecule has 2 aromatic carbocycles. The first kappa shape index (κ1) is 20.4. The number of nitrogens with one attached hydrogen (secondary N) is 1. The number of carbonyl (C=O) groups excluding carboxylic acids is 2. The van der Waals surface area contributed by atoms with Gasteiger partial charge in [0.1, 0.15) is 17.3 Å². The molecule has 1 fully saturated rings. The summed E-state index contributed by atoms with van der Waals surface area (Å²) in [6.45, 7) is 3.79. The van der Waals surface area contributed by atoms with Crippen LogP contribution in [0.2, 0.25) is 0 Å². The summed E-state index contributed by atoms with van der Waals surface area (Å²) in [5, 5.41) is 2.60. The van der Waals surface area contributed by atoms with Crippen LogP contribution in [0, 0.1) is 19.7 Å². The van der Waals surface area contributed by atoms with E-state index in [0.29, 0.717) is 0 Å². The maximum Gasteiger partial charge on any atom is 0.329 e. The molecule has 4 rings (SSSR count). The van der Waals surface area contributed by atoms with Gasteiger partial charge in [0.2, 0.25) is 0 Å². The molecule has 1 saturated heterocycles. The summed E-state index contributed by atoms with van der Waals surface area (Å²) in [4.78, 5) is 26.2. The van der Waals surface area contributed by atoms with Gasteiger partial charge < -0.3 is 14.6 Å². The van der Waals surface area contributed by atoms with Gasteiger partial charge in [-0.2, -0.15) is 0 Å². The van der Waals surface area contributed by atoms with Crippen LogP contribution in [-0.2, 0) is 11.3 Å². The van der Waals surface area contributed by atoms with E-state index in [4.69, 9.17) is 4.74 Å². The first-order chi connectivity index (χ1) is 14.9. The van der Waals surface area contributed by atoms with Crippen LogP contribution >= 0.6 is 0 Å². The van der Waals surface area contributed by atoms with E-state index in [1.54, 1.807) is 31.4 Å². The molecular weight excluding hydrogens is 397 g/mol. The maximum atomic E-state index is 14.0. The van der Waals surface area contributed by atoms with Gasteiger partial charge in [0.05, 0.1) is 13.7 Å². The Bertz CT molecular complexity index is 1200. The van der Waals surface area contributed by atoms with Crippen LogP contribution in [-0.4, -0.2) is 28.5 Å². The summed E-state index contributed by atoms with van der Waals surface area (Å²) in [5.41, 5.74) is 4.12. The van der Waals surface area contributed by atoms with Gasteiger partial charge in [-0.25, -0.2) is 9.18 Å². The van der Waals surface area contributed by atoms with Crippen molar-refractivity contribution < 1.29 is 18.7 Å². The van der Waals surface area contributed by atoms with Crippen molar-refractivity contribution in [2.24, 2.45) is 0 Å². The van der Waals surface area contributed by atoms with Crippen LogP contribution < -0.4 is 10.1 Å². The lowest BCUT2D eigenvalue weighted by molar-refractivity contribution is -0.123. The maximum absolute atomic E-state index is 14.0. The zero-order valence-electron chi connectivity index (χ0n) is 17.5. The molecule has 3 aromatic rings.